The lowest BCUT2D eigenvalue weighted by Gasteiger charge is -2.30. The number of aryl methyl sites for hydroxylation is 1. The quantitative estimate of drug-likeness (QED) is 0.740. The van der Waals surface area contributed by atoms with Crippen LogP contribution in [0.5, 0.6) is 0 Å². The summed E-state index contributed by atoms with van der Waals surface area (Å²) < 4.78 is 26.8. The van der Waals surface area contributed by atoms with Crippen molar-refractivity contribution in [2.45, 2.75) is 37.6 Å². The van der Waals surface area contributed by atoms with E-state index in [4.69, 9.17) is 0 Å². The second-order valence-electron chi connectivity index (χ2n) is 4.89. The average Bonchev–Trinajstić information content (AvgIpc) is 2.75. The van der Waals surface area contributed by atoms with Gasteiger partial charge in [0.05, 0.1) is 11.9 Å². The average molecular weight is 272 g/mol. The van der Waals surface area contributed by atoms with Crippen LogP contribution < -0.4 is 10.0 Å². The highest BCUT2D eigenvalue weighted by molar-refractivity contribution is 7.89. The van der Waals surface area contributed by atoms with Crippen molar-refractivity contribution in [3.63, 3.8) is 0 Å². The van der Waals surface area contributed by atoms with Gasteiger partial charge in [0.25, 0.3) is 0 Å². The van der Waals surface area contributed by atoms with E-state index >= 15 is 0 Å². The van der Waals surface area contributed by atoms with Crippen molar-refractivity contribution in [2.24, 2.45) is 5.92 Å². The fourth-order valence-electron chi connectivity index (χ4n) is 2.28. The number of aromatic nitrogens is 2. The van der Waals surface area contributed by atoms with Crippen molar-refractivity contribution in [1.29, 1.82) is 0 Å². The number of nitrogens with zero attached hydrogens (tertiary/aromatic N) is 1. The van der Waals surface area contributed by atoms with Crippen LogP contribution in [-0.2, 0) is 10.0 Å². The zero-order valence-electron chi connectivity index (χ0n) is 10.7. The molecule has 1 fully saturated rings. The van der Waals surface area contributed by atoms with Crippen molar-refractivity contribution in [3.8, 4) is 0 Å². The summed E-state index contributed by atoms with van der Waals surface area (Å²) in [4.78, 5) is 0.228. The first kappa shape index (κ1) is 13.5. The van der Waals surface area contributed by atoms with E-state index in [0.29, 0.717) is 18.2 Å². The summed E-state index contributed by atoms with van der Waals surface area (Å²) in [6, 6.07) is 0.209. The van der Waals surface area contributed by atoms with Crippen LogP contribution in [0.25, 0.3) is 0 Å². The summed E-state index contributed by atoms with van der Waals surface area (Å²) in [5.74, 6) is 0.492. The SMILES string of the molecule is Cc1[nH]ncc1S(=O)(=O)NCC1NCCCC1C. The lowest BCUT2D eigenvalue weighted by atomic mass is 9.93. The Balaban J connectivity index is 1.99. The maximum atomic E-state index is 12.1. The first-order valence-corrected chi connectivity index (χ1v) is 7.72. The van der Waals surface area contributed by atoms with Crippen LogP contribution in [0.4, 0.5) is 0 Å². The lowest BCUT2D eigenvalue weighted by Crippen LogP contribution is -2.47. The molecule has 0 radical (unpaired) electrons. The van der Waals surface area contributed by atoms with Gasteiger partial charge in [0.15, 0.2) is 0 Å². The molecule has 0 saturated carbocycles. The molecule has 1 aromatic rings. The first-order chi connectivity index (χ1) is 8.50. The third-order valence-corrected chi connectivity index (χ3v) is 5.03. The highest BCUT2D eigenvalue weighted by atomic mass is 32.2. The summed E-state index contributed by atoms with van der Waals surface area (Å²) in [6.07, 6.45) is 3.64. The molecule has 0 aromatic carbocycles. The fraction of sp³-hybridized carbons (Fsp3) is 0.727. The Hall–Kier alpha value is -0.920. The molecule has 0 spiro atoms. The summed E-state index contributed by atoms with van der Waals surface area (Å²) in [5, 5.41) is 9.73. The summed E-state index contributed by atoms with van der Waals surface area (Å²) in [6.45, 7) is 5.23. The molecule has 0 bridgehead atoms. The predicted octanol–water partition coefficient (Wildman–Crippen LogP) is 0.385. The van der Waals surface area contributed by atoms with Crippen molar-refractivity contribution >= 4 is 10.0 Å². The molecule has 2 rings (SSSR count). The van der Waals surface area contributed by atoms with E-state index in [-0.39, 0.29) is 10.9 Å². The first-order valence-electron chi connectivity index (χ1n) is 6.24. The number of aromatic amines is 1. The fourth-order valence-corrected chi connectivity index (χ4v) is 3.47. The van der Waals surface area contributed by atoms with Gasteiger partial charge in [-0.05, 0) is 32.2 Å². The third kappa shape index (κ3) is 2.90. The highest BCUT2D eigenvalue weighted by Gasteiger charge is 2.24. The molecule has 102 valence electrons. The van der Waals surface area contributed by atoms with Gasteiger partial charge in [-0.3, -0.25) is 5.10 Å². The number of piperidine rings is 1. The third-order valence-electron chi connectivity index (χ3n) is 3.50. The normalized spacial score (nSPS) is 25.2. The van der Waals surface area contributed by atoms with Gasteiger partial charge < -0.3 is 5.32 Å². The molecule has 1 aromatic heterocycles. The molecule has 7 heteroatoms. The number of nitrogens with one attached hydrogen (secondary N) is 3. The maximum Gasteiger partial charge on any atom is 0.244 e. The molecule has 0 amide bonds. The van der Waals surface area contributed by atoms with Gasteiger partial charge in [-0.1, -0.05) is 6.92 Å². The molecule has 3 N–H and O–H groups in total. The monoisotopic (exact) mass is 272 g/mol. The van der Waals surface area contributed by atoms with Crippen LogP contribution in [0.1, 0.15) is 25.5 Å². The number of sulfonamides is 1. The predicted molar refractivity (Wildman–Crippen MR) is 68.7 cm³/mol. The summed E-state index contributed by atoms with van der Waals surface area (Å²) in [5.41, 5.74) is 0.562. The van der Waals surface area contributed by atoms with E-state index in [1.165, 1.54) is 6.20 Å². The van der Waals surface area contributed by atoms with Gasteiger partial charge in [0.2, 0.25) is 10.0 Å². The summed E-state index contributed by atoms with van der Waals surface area (Å²) >= 11 is 0. The Morgan fingerprint density at radius 2 is 2.33 bits per heavy atom. The Labute approximate surface area is 108 Å². The minimum absolute atomic E-state index is 0.209. The van der Waals surface area contributed by atoms with Gasteiger partial charge in [-0.2, -0.15) is 5.10 Å². The van der Waals surface area contributed by atoms with E-state index in [1.807, 2.05) is 0 Å². The molecule has 18 heavy (non-hydrogen) atoms. The minimum Gasteiger partial charge on any atom is -0.312 e. The molecular weight excluding hydrogens is 252 g/mol. The van der Waals surface area contributed by atoms with Crippen LogP contribution in [0.2, 0.25) is 0 Å². The second kappa shape index (κ2) is 5.38. The van der Waals surface area contributed by atoms with Crippen molar-refractivity contribution in [2.75, 3.05) is 13.1 Å². The Kier molecular flexibility index (Phi) is 4.04. The van der Waals surface area contributed by atoms with Crippen LogP contribution in [0.3, 0.4) is 0 Å². The Morgan fingerprint density at radius 1 is 1.56 bits per heavy atom. The maximum absolute atomic E-state index is 12.1. The van der Waals surface area contributed by atoms with Crippen LogP contribution >= 0.6 is 0 Å². The molecule has 2 heterocycles. The second-order valence-corrected chi connectivity index (χ2v) is 6.63. The van der Waals surface area contributed by atoms with E-state index in [1.54, 1.807) is 6.92 Å². The number of hydrogen-bond donors (Lipinski definition) is 3. The van der Waals surface area contributed by atoms with Crippen LogP contribution in [-0.4, -0.2) is 37.7 Å². The molecule has 1 saturated heterocycles. The molecule has 0 aliphatic carbocycles. The smallest absolute Gasteiger partial charge is 0.244 e. The lowest BCUT2D eigenvalue weighted by molar-refractivity contribution is 0.300. The van der Waals surface area contributed by atoms with Gasteiger partial charge >= 0.3 is 0 Å². The minimum atomic E-state index is -3.45. The molecule has 2 atom stereocenters. The molecular formula is C11H20N4O2S. The molecule has 2 unspecified atom stereocenters. The number of rotatable bonds is 4. The summed E-state index contributed by atoms with van der Waals surface area (Å²) in [7, 11) is -3.45. The van der Waals surface area contributed by atoms with Crippen molar-refractivity contribution < 1.29 is 8.42 Å². The van der Waals surface area contributed by atoms with Gasteiger partial charge in [0.1, 0.15) is 4.90 Å². The van der Waals surface area contributed by atoms with Crippen LogP contribution in [0.15, 0.2) is 11.1 Å². The van der Waals surface area contributed by atoms with Gasteiger partial charge in [-0.25, -0.2) is 13.1 Å². The van der Waals surface area contributed by atoms with Crippen molar-refractivity contribution in [1.82, 2.24) is 20.2 Å². The Bertz CT molecular complexity index is 497. The molecule has 6 nitrogen and oxygen atoms in total. The highest BCUT2D eigenvalue weighted by Crippen LogP contribution is 2.16. The van der Waals surface area contributed by atoms with Gasteiger partial charge in [0, 0.05) is 12.6 Å². The standard InChI is InChI=1S/C11H20N4O2S/c1-8-4-3-5-12-10(8)6-14-18(16,17)11-7-13-15-9(11)2/h7-8,10,12,14H,3-6H2,1-2H3,(H,13,15). The largest absolute Gasteiger partial charge is 0.312 e. The zero-order valence-corrected chi connectivity index (χ0v) is 11.5. The number of H-pyrrole nitrogens is 1. The molecule has 1 aliphatic rings. The van der Waals surface area contributed by atoms with Crippen LogP contribution in [0, 0.1) is 12.8 Å². The zero-order chi connectivity index (χ0) is 13.2. The van der Waals surface area contributed by atoms with E-state index in [9.17, 15) is 8.42 Å². The van der Waals surface area contributed by atoms with E-state index in [0.717, 1.165) is 19.4 Å². The topological polar surface area (TPSA) is 86.9 Å². The van der Waals surface area contributed by atoms with E-state index < -0.39 is 10.0 Å². The Morgan fingerprint density at radius 3 is 2.94 bits per heavy atom. The van der Waals surface area contributed by atoms with E-state index in [2.05, 4.69) is 27.2 Å². The van der Waals surface area contributed by atoms with Crippen molar-refractivity contribution in [3.05, 3.63) is 11.9 Å². The number of hydrogen-bond acceptors (Lipinski definition) is 4. The molecule has 1 aliphatic heterocycles. The van der Waals surface area contributed by atoms with Gasteiger partial charge in [-0.15, -0.1) is 0 Å².